The molecule has 0 saturated carbocycles. The molecule has 0 aliphatic carbocycles. The summed E-state index contributed by atoms with van der Waals surface area (Å²) in [6.07, 6.45) is 0.455. The van der Waals surface area contributed by atoms with Crippen molar-refractivity contribution in [3.63, 3.8) is 0 Å². The van der Waals surface area contributed by atoms with E-state index in [0.717, 1.165) is 21.5 Å². The Labute approximate surface area is 224 Å². The van der Waals surface area contributed by atoms with Crippen molar-refractivity contribution in [3.8, 4) is 0 Å². The maximum absolute atomic E-state index is 14.9. The summed E-state index contributed by atoms with van der Waals surface area (Å²) >= 11 is 0. The third-order valence-electron chi connectivity index (χ3n) is 6.09. The molecule has 0 aliphatic heterocycles. The quantitative estimate of drug-likeness (QED) is 0.393. The SMILES string of the molecule is Cc1ccc(S(=O)(=O)N(CC(=O)N(CCc2ccccc2)C(C)C(=O)NC(C)C)c2ccccc2F)cc1. The van der Waals surface area contributed by atoms with Gasteiger partial charge in [-0.05, 0) is 63.9 Å². The second kappa shape index (κ2) is 12.7. The lowest BCUT2D eigenvalue weighted by atomic mass is 10.1. The predicted molar refractivity (Wildman–Crippen MR) is 147 cm³/mol. The summed E-state index contributed by atoms with van der Waals surface area (Å²) < 4.78 is 43.1. The van der Waals surface area contributed by atoms with Gasteiger partial charge in [-0.2, -0.15) is 0 Å². The molecule has 0 saturated heterocycles. The Morgan fingerprint density at radius 2 is 1.50 bits per heavy atom. The Balaban J connectivity index is 1.99. The second-order valence-electron chi connectivity index (χ2n) is 9.44. The number of halogens is 1. The summed E-state index contributed by atoms with van der Waals surface area (Å²) in [5.41, 5.74) is 1.57. The maximum Gasteiger partial charge on any atom is 0.264 e. The van der Waals surface area contributed by atoms with E-state index >= 15 is 0 Å². The van der Waals surface area contributed by atoms with Gasteiger partial charge in [0.25, 0.3) is 10.0 Å². The van der Waals surface area contributed by atoms with E-state index in [0.29, 0.717) is 6.42 Å². The van der Waals surface area contributed by atoms with Crippen LogP contribution in [-0.2, 0) is 26.0 Å². The van der Waals surface area contributed by atoms with Gasteiger partial charge in [-0.25, -0.2) is 12.8 Å². The fourth-order valence-electron chi connectivity index (χ4n) is 3.98. The molecule has 1 N–H and O–H groups in total. The van der Waals surface area contributed by atoms with E-state index in [2.05, 4.69) is 5.32 Å². The van der Waals surface area contributed by atoms with Crippen molar-refractivity contribution in [3.05, 3.63) is 95.8 Å². The van der Waals surface area contributed by atoms with Crippen LogP contribution in [0.25, 0.3) is 0 Å². The molecule has 1 unspecified atom stereocenters. The lowest BCUT2D eigenvalue weighted by molar-refractivity contribution is -0.139. The van der Waals surface area contributed by atoms with Crippen LogP contribution in [0.3, 0.4) is 0 Å². The van der Waals surface area contributed by atoms with Crippen LogP contribution in [0.4, 0.5) is 10.1 Å². The molecule has 0 radical (unpaired) electrons. The van der Waals surface area contributed by atoms with Crippen molar-refractivity contribution >= 4 is 27.5 Å². The summed E-state index contributed by atoms with van der Waals surface area (Å²) in [6.45, 7) is 6.55. The highest BCUT2D eigenvalue weighted by molar-refractivity contribution is 7.92. The number of para-hydroxylation sites is 1. The van der Waals surface area contributed by atoms with Gasteiger partial charge in [-0.15, -0.1) is 0 Å². The highest BCUT2D eigenvalue weighted by atomic mass is 32.2. The third-order valence-corrected chi connectivity index (χ3v) is 7.87. The number of benzene rings is 3. The van der Waals surface area contributed by atoms with Crippen molar-refractivity contribution in [2.75, 3.05) is 17.4 Å². The average Bonchev–Trinajstić information content (AvgIpc) is 2.88. The molecule has 3 rings (SSSR count). The molecule has 202 valence electrons. The van der Waals surface area contributed by atoms with Crippen molar-refractivity contribution in [2.45, 2.75) is 51.1 Å². The summed E-state index contributed by atoms with van der Waals surface area (Å²) in [4.78, 5) is 27.9. The second-order valence-corrected chi connectivity index (χ2v) is 11.3. The van der Waals surface area contributed by atoms with Crippen LogP contribution in [0.5, 0.6) is 0 Å². The van der Waals surface area contributed by atoms with Crippen LogP contribution in [0.1, 0.15) is 31.9 Å². The van der Waals surface area contributed by atoms with Crippen molar-refractivity contribution in [1.29, 1.82) is 0 Å². The Hall–Kier alpha value is -3.72. The summed E-state index contributed by atoms with van der Waals surface area (Å²) in [5.74, 6) is -1.76. The monoisotopic (exact) mass is 539 g/mol. The standard InChI is InChI=1S/C29H34FN3O4S/c1-21(2)31-29(35)23(4)32(19-18-24-10-6-5-7-11-24)28(34)20-33(27-13-9-8-12-26(27)30)38(36,37)25-16-14-22(3)15-17-25/h5-17,21,23H,18-20H2,1-4H3,(H,31,35). The zero-order chi connectivity index (χ0) is 27.9. The van der Waals surface area contributed by atoms with E-state index < -0.39 is 34.3 Å². The van der Waals surface area contributed by atoms with Crippen molar-refractivity contribution < 1.29 is 22.4 Å². The molecule has 7 nitrogen and oxygen atoms in total. The molecule has 0 fully saturated rings. The molecule has 1 atom stereocenters. The highest BCUT2D eigenvalue weighted by Crippen LogP contribution is 2.27. The zero-order valence-corrected chi connectivity index (χ0v) is 22.9. The molecule has 0 aromatic heterocycles. The van der Waals surface area contributed by atoms with Gasteiger partial charge >= 0.3 is 0 Å². The normalized spacial score (nSPS) is 12.2. The first-order valence-corrected chi connectivity index (χ1v) is 13.9. The minimum atomic E-state index is -4.31. The van der Waals surface area contributed by atoms with Gasteiger partial charge in [0, 0.05) is 12.6 Å². The number of amides is 2. The van der Waals surface area contributed by atoms with Gasteiger partial charge in [-0.3, -0.25) is 13.9 Å². The van der Waals surface area contributed by atoms with Gasteiger partial charge in [-0.1, -0.05) is 60.2 Å². The maximum atomic E-state index is 14.9. The molecular weight excluding hydrogens is 505 g/mol. The molecule has 0 heterocycles. The summed E-state index contributed by atoms with van der Waals surface area (Å²) in [7, 11) is -4.31. The number of hydrogen-bond donors (Lipinski definition) is 1. The molecule has 3 aromatic carbocycles. The van der Waals surface area contributed by atoms with Crippen LogP contribution in [-0.4, -0.2) is 50.3 Å². The minimum Gasteiger partial charge on any atom is -0.352 e. The Kier molecular flexibility index (Phi) is 9.63. The lowest BCUT2D eigenvalue weighted by Gasteiger charge is -2.32. The number of carbonyl (C=O) groups excluding carboxylic acids is 2. The Bertz CT molecular complexity index is 1350. The van der Waals surface area contributed by atoms with Crippen molar-refractivity contribution in [1.82, 2.24) is 10.2 Å². The first-order valence-electron chi connectivity index (χ1n) is 12.5. The number of nitrogens with zero attached hydrogens (tertiary/aromatic N) is 2. The molecule has 0 spiro atoms. The van der Waals surface area contributed by atoms with Gasteiger partial charge in [0.2, 0.25) is 11.8 Å². The molecular formula is C29H34FN3O4S. The van der Waals surface area contributed by atoms with Crippen LogP contribution in [0.15, 0.2) is 83.8 Å². The van der Waals surface area contributed by atoms with Gasteiger partial charge in [0.05, 0.1) is 10.6 Å². The van der Waals surface area contributed by atoms with E-state index in [9.17, 15) is 22.4 Å². The lowest BCUT2D eigenvalue weighted by Crippen LogP contribution is -2.53. The van der Waals surface area contributed by atoms with Crippen molar-refractivity contribution in [2.24, 2.45) is 0 Å². The average molecular weight is 540 g/mol. The number of hydrogen-bond acceptors (Lipinski definition) is 4. The first kappa shape index (κ1) is 28.8. The van der Waals surface area contributed by atoms with E-state index in [1.54, 1.807) is 19.1 Å². The van der Waals surface area contributed by atoms with Gasteiger partial charge in [0.15, 0.2) is 0 Å². The fraction of sp³-hybridized carbons (Fsp3) is 0.310. The Morgan fingerprint density at radius 3 is 2.11 bits per heavy atom. The zero-order valence-electron chi connectivity index (χ0n) is 22.1. The number of aryl methyl sites for hydroxylation is 1. The number of nitrogens with one attached hydrogen (secondary N) is 1. The third kappa shape index (κ3) is 7.19. The number of carbonyl (C=O) groups is 2. The van der Waals surface area contributed by atoms with E-state index in [1.165, 1.54) is 35.2 Å². The van der Waals surface area contributed by atoms with E-state index in [-0.39, 0.29) is 29.1 Å². The molecule has 38 heavy (non-hydrogen) atoms. The topological polar surface area (TPSA) is 86.8 Å². The summed E-state index contributed by atoms with van der Waals surface area (Å²) in [5, 5.41) is 2.81. The molecule has 0 aliphatic rings. The molecule has 9 heteroatoms. The van der Waals surface area contributed by atoms with Crippen LogP contribution in [0.2, 0.25) is 0 Å². The first-order chi connectivity index (χ1) is 18.0. The largest absolute Gasteiger partial charge is 0.352 e. The van der Waals surface area contributed by atoms with Crippen LogP contribution in [0, 0.1) is 12.7 Å². The highest BCUT2D eigenvalue weighted by Gasteiger charge is 2.33. The van der Waals surface area contributed by atoms with E-state index in [4.69, 9.17) is 0 Å². The molecule has 0 bridgehead atoms. The number of anilines is 1. The number of rotatable bonds is 11. The minimum absolute atomic E-state index is 0.0689. The number of sulfonamides is 1. The summed E-state index contributed by atoms with van der Waals surface area (Å²) in [6, 6.07) is 20.0. The fourth-order valence-corrected chi connectivity index (χ4v) is 5.40. The molecule has 3 aromatic rings. The van der Waals surface area contributed by atoms with Crippen LogP contribution >= 0.6 is 0 Å². The van der Waals surface area contributed by atoms with E-state index in [1.807, 2.05) is 51.1 Å². The Morgan fingerprint density at radius 1 is 0.895 bits per heavy atom. The predicted octanol–water partition coefficient (Wildman–Crippen LogP) is 4.31. The van der Waals surface area contributed by atoms with Gasteiger partial charge < -0.3 is 10.2 Å². The molecule has 2 amide bonds. The van der Waals surface area contributed by atoms with Gasteiger partial charge in [0.1, 0.15) is 18.4 Å². The van der Waals surface area contributed by atoms with Crippen LogP contribution < -0.4 is 9.62 Å². The smallest absolute Gasteiger partial charge is 0.264 e.